The Morgan fingerprint density at radius 1 is 0.261 bits per heavy atom. The number of hydrogen-bond donors (Lipinski definition) is 0. The summed E-state index contributed by atoms with van der Waals surface area (Å²) in [7, 11) is 0. The number of hydrogen-bond acceptors (Lipinski definition) is 4. The van der Waals surface area contributed by atoms with E-state index >= 15 is 0 Å². The molecule has 0 radical (unpaired) electrons. The van der Waals surface area contributed by atoms with E-state index in [-0.39, 0.29) is 0 Å². The summed E-state index contributed by atoms with van der Waals surface area (Å²) in [4.78, 5) is 5.29. The lowest BCUT2D eigenvalue weighted by molar-refractivity contribution is 0.555. The summed E-state index contributed by atoms with van der Waals surface area (Å²) in [6.45, 7) is 13.6. The second-order valence-electron chi connectivity index (χ2n) is 26.0. The molecular formula is C88H110N4. The molecular weight excluding hydrogens is 1110 g/mol. The molecule has 0 aliphatic rings. The quantitative estimate of drug-likeness (QED) is 0.0166. The standard InChI is InChI=1S/C88H110N4/c1-5-9-13-17-21-25-29-33-65-91(66-34-30-26-22-18-14-10-6-2)81-57-49-75(50-58-81)53-61-83-85-63-55-78(44-38-74-41-47-80(72-90)48-42-74)70-88(85)84(86-64-56-77(69-87(83)86)43-37-73-39-45-79(71-89)46-40-73)62-54-76-51-59-82(60-52-76)92(67-35-31-27-23-19-15-11-7-3)68-36-32-28-24-20-16-12-8-4/h37-52,55-60,63-64,69-70H,5-36,65-68H2,1-4H3/b43-37+,44-38+. The van der Waals surface area contributed by atoms with E-state index in [0.717, 1.165) is 92.2 Å². The summed E-state index contributed by atoms with van der Waals surface area (Å²) in [5.41, 5.74) is 12.0. The third-order valence-corrected chi connectivity index (χ3v) is 18.4. The molecule has 0 N–H and O–H groups in total. The van der Waals surface area contributed by atoms with Gasteiger partial charge in [-0.25, -0.2) is 0 Å². The fourth-order valence-corrected chi connectivity index (χ4v) is 12.7. The number of rotatable bonds is 42. The molecule has 0 bridgehead atoms. The number of nitriles is 2. The molecule has 0 aromatic heterocycles. The van der Waals surface area contributed by atoms with Crippen molar-refractivity contribution in [2.45, 2.75) is 233 Å². The molecule has 0 aliphatic carbocycles. The summed E-state index contributed by atoms with van der Waals surface area (Å²) in [5.74, 6) is 15.0. The van der Waals surface area contributed by atoms with Gasteiger partial charge in [0.05, 0.1) is 23.3 Å². The van der Waals surface area contributed by atoms with Gasteiger partial charge in [0.25, 0.3) is 0 Å². The maximum Gasteiger partial charge on any atom is 0.0991 e. The van der Waals surface area contributed by atoms with Crippen LogP contribution in [0.2, 0.25) is 0 Å². The van der Waals surface area contributed by atoms with Crippen molar-refractivity contribution in [3.8, 4) is 35.8 Å². The van der Waals surface area contributed by atoms with Crippen molar-refractivity contribution in [2.24, 2.45) is 0 Å². The first kappa shape index (κ1) is 71.7. The minimum absolute atomic E-state index is 0.648. The summed E-state index contributed by atoms with van der Waals surface area (Å²) >= 11 is 0. The minimum atomic E-state index is 0.648. The van der Waals surface area contributed by atoms with E-state index in [9.17, 15) is 10.5 Å². The predicted octanol–water partition coefficient (Wildman–Crippen LogP) is 25.1. The number of unbranched alkanes of at least 4 members (excludes halogenated alkanes) is 28. The van der Waals surface area contributed by atoms with Crippen LogP contribution in [0.5, 0.6) is 0 Å². The fraction of sp³-hybridized carbons (Fsp3) is 0.455. The van der Waals surface area contributed by atoms with Gasteiger partial charge in [-0.15, -0.1) is 0 Å². The first-order valence-electron chi connectivity index (χ1n) is 36.6. The third-order valence-electron chi connectivity index (χ3n) is 18.4. The van der Waals surface area contributed by atoms with Crippen molar-refractivity contribution in [1.82, 2.24) is 0 Å². The lowest BCUT2D eigenvalue weighted by Crippen LogP contribution is -2.25. The number of fused-ring (bicyclic) bond motifs is 2. The Labute approximate surface area is 558 Å². The number of nitrogens with zero attached hydrogens (tertiary/aromatic N) is 4. The maximum absolute atomic E-state index is 9.51. The highest BCUT2D eigenvalue weighted by Crippen LogP contribution is 2.35. The van der Waals surface area contributed by atoms with E-state index in [0.29, 0.717) is 11.1 Å². The SMILES string of the molecule is CCCCCCCCCCN(CCCCCCCCCC)c1ccc(C#Cc2c3ccc(/C=C/c4ccc(C#N)cc4)cc3c(C#Cc3ccc(N(CCCCCCCCCC)CCCCCCCCCC)cc3)c3ccc(/C=C/c4ccc(C#N)cc4)cc23)cc1. The van der Waals surface area contributed by atoms with Crippen molar-refractivity contribution in [2.75, 3.05) is 36.0 Å². The van der Waals surface area contributed by atoms with Gasteiger partial charge in [-0.05, 0) is 154 Å². The predicted molar refractivity (Wildman–Crippen MR) is 401 cm³/mol. The van der Waals surface area contributed by atoms with Crippen LogP contribution in [0, 0.1) is 46.3 Å². The molecule has 0 unspecified atom stereocenters. The van der Waals surface area contributed by atoms with Gasteiger partial charge in [-0.3, -0.25) is 0 Å². The smallest absolute Gasteiger partial charge is 0.0991 e. The van der Waals surface area contributed by atoms with Crippen LogP contribution in [-0.2, 0) is 0 Å². The molecule has 4 heteroatoms. The zero-order chi connectivity index (χ0) is 64.5. The maximum atomic E-state index is 9.51. The van der Waals surface area contributed by atoms with Crippen LogP contribution in [0.25, 0.3) is 45.8 Å². The summed E-state index contributed by atoms with van der Waals surface area (Å²) in [6, 6.07) is 51.6. The molecule has 0 fully saturated rings. The molecule has 7 rings (SSSR count). The van der Waals surface area contributed by atoms with Gasteiger partial charge in [0.15, 0.2) is 0 Å². The average Bonchev–Trinajstić information content (AvgIpc) is 0.752. The average molecular weight is 1220 g/mol. The Morgan fingerprint density at radius 2 is 0.511 bits per heavy atom. The van der Waals surface area contributed by atoms with Gasteiger partial charge >= 0.3 is 0 Å². The highest BCUT2D eigenvalue weighted by Gasteiger charge is 2.15. The third kappa shape index (κ3) is 25.4. The molecule has 0 heterocycles. The van der Waals surface area contributed by atoms with Crippen LogP contribution < -0.4 is 9.80 Å². The molecule has 7 aromatic rings. The Balaban J connectivity index is 1.24. The van der Waals surface area contributed by atoms with E-state index in [2.05, 4.69) is 183 Å². The van der Waals surface area contributed by atoms with E-state index in [1.54, 1.807) is 0 Å². The first-order valence-corrected chi connectivity index (χ1v) is 36.6. The molecule has 0 saturated carbocycles. The first-order chi connectivity index (χ1) is 45.4. The normalized spacial score (nSPS) is 11.2. The van der Waals surface area contributed by atoms with Crippen molar-refractivity contribution in [1.29, 1.82) is 10.5 Å². The van der Waals surface area contributed by atoms with E-state index < -0.39 is 0 Å². The zero-order valence-corrected chi connectivity index (χ0v) is 57.3. The molecule has 7 aromatic carbocycles. The van der Waals surface area contributed by atoms with Gasteiger partial charge in [0.1, 0.15) is 0 Å². The Hall–Kier alpha value is -7.76. The van der Waals surface area contributed by atoms with E-state index in [4.69, 9.17) is 0 Å². The zero-order valence-electron chi connectivity index (χ0n) is 57.3. The molecule has 92 heavy (non-hydrogen) atoms. The summed E-state index contributed by atoms with van der Waals surface area (Å²) < 4.78 is 0. The highest BCUT2D eigenvalue weighted by atomic mass is 15.1. The summed E-state index contributed by atoms with van der Waals surface area (Å²) in [5, 5.41) is 23.2. The topological polar surface area (TPSA) is 54.1 Å². The fourth-order valence-electron chi connectivity index (χ4n) is 12.7. The van der Waals surface area contributed by atoms with E-state index in [1.807, 2.05) is 48.5 Å². The lowest BCUT2D eigenvalue weighted by atomic mass is 9.89. The second-order valence-corrected chi connectivity index (χ2v) is 26.0. The largest absolute Gasteiger partial charge is 0.372 e. The lowest BCUT2D eigenvalue weighted by Gasteiger charge is -2.25. The van der Waals surface area contributed by atoms with Gasteiger partial charge in [-0.2, -0.15) is 10.5 Å². The minimum Gasteiger partial charge on any atom is -0.372 e. The number of benzene rings is 7. The van der Waals surface area contributed by atoms with Crippen molar-refractivity contribution < 1.29 is 0 Å². The Kier molecular flexibility index (Phi) is 33.6. The highest BCUT2D eigenvalue weighted by molar-refractivity contribution is 6.11. The monoisotopic (exact) mass is 1220 g/mol. The van der Waals surface area contributed by atoms with Crippen LogP contribution in [0.4, 0.5) is 11.4 Å². The molecule has 0 amide bonds. The van der Waals surface area contributed by atoms with Crippen LogP contribution in [-0.4, -0.2) is 26.2 Å². The van der Waals surface area contributed by atoms with Gasteiger partial charge < -0.3 is 9.80 Å². The van der Waals surface area contributed by atoms with Crippen molar-refractivity contribution in [3.05, 3.63) is 189 Å². The van der Waals surface area contributed by atoms with Crippen LogP contribution in [0.15, 0.2) is 133 Å². The molecule has 0 spiro atoms. The van der Waals surface area contributed by atoms with Crippen LogP contribution in [0.3, 0.4) is 0 Å². The van der Waals surface area contributed by atoms with Crippen molar-refractivity contribution in [3.63, 3.8) is 0 Å². The molecule has 0 atom stereocenters. The number of anilines is 2. The van der Waals surface area contributed by atoms with Crippen LogP contribution in [0.1, 0.15) is 289 Å². The summed E-state index contributed by atoms with van der Waals surface area (Å²) in [6.07, 6.45) is 51.0. The van der Waals surface area contributed by atoms with Gasteiger partial charge in [0.2, 0.25) is 0 Å². The van der Waals surface area contributed by atoms with Crippen LogP contribution >= 0.6 is 0 Å². The molecule has 0 aliphatic heterocycles. The molecule has 482 valence electrons. The molecule has 4 nitrogen and oxygen atoms in total. The van der Waals surface area contributed by atoms with Gasteiger partial charge in [-0.1, -0.05) is 304 Å². The van der Waals surface area contributed by atoms with Gasteiger partial charge in [0, 0.05) is 59.8 Å². The second kappa shape index (κ2) is 43.1. The molecule has 0 saturated heterocycles. The Bertz CT molecular complexity index is 3230. The Morgan fingerprint density at radius 3 is 0.793 bits per heavy atom. The van der Waals surface area contributed by atoms with E-state index in [1.165, 1.54) is 217 Å². The van der Waals surface area contributed by atoms with Crippen molar-refractivity contribution >= 4 is 57.2 Å².